The van der Waals surface area contributed by atoms with Gasteiger partial charge in [0.1, 0.15) is 5.69 Å². The van der Waals surface area contributed by atoms with E-state index in [1.54, 1.807) is 18.3 Å². The van der Waals surface area contributed by atoms with E-state index in [1.165, 1.54) is 25.7 Å². The van der Waals surface area contributed by atoms with Gasteiger partial charge in [-0.05, 0) is 24.5 Å². The van der Waals surface area contributed by atoms with Crippen LogP contribution >= 0.6 is 0 Å². The van der Waals surface area contributed by atoms with E-state index >= 15 is 0 Å². The first-order valence-electron chi connectivity index (χ1n) is 6.48. The van der Waals surface area contributed by atoms with Gasteiger partial charge in [-0.25, -0.2) is 0 Å². The van der Waals surface area contributed by atoms with Gasteiger partial charge in [0, 0.05) is 12.6 Å². The predicted octanol–water partition coefficient (Wildman–Crippen LogP) is 1.75. The van der Waals surface area contributed by atoms with Crippen LogP contribution in [0, 0.1) is 5.92 Å². The van der Waals surface area contributed by atoms with Crippen molar-refractivity contribution in [3.05, 3.63) is 24.0 Å². The van der Waals surface area contributed by atoms with Crippen LogP contribution in [0.2, 0.25) is 0 Å². The van der Waals surface area contributed by atoms with Crippen molar-refractivity contribution in [2.24, 2.45) is 5.92 Å². The first-order chi connectivity index (χ1) is 8.75. The molecule has 2 rings (SSSR count). The minimum Gasteiger partial charge on any atom is -0.357 e. The van der Waals surface area contributed by atoms with Crippen molar-refractivity contribution in [2.45, 2.75) is 38.5 Å². The van der Waals surface area contributed by atoms with Crippen LogP contribution < -0.4 is 10.9 Å². The quantitative estimate of drug-likeness (QED) is 0.711. The fourth-order valence-corrected chi connectivity index (χ4v) is 2.36. The lowest BCUT2D eigenvalue weighted by molar-refractivity contribution is -0.122. The van der Waals surface area contributed by atoms with Crippen molar-refractivity contribution in [3.63, 3.8) is 0 Å². The number of amides is 2. The zero-order chi connectivity index (χ0) is 12.8. The molecule has 0 saturated heterocycles. The van der Waals surface area contributed by atoms with Crippen LogP contribution in [-0.2, 0) is 4.79 Å². The first kappa shape index (κ1) is 12.7. The van der Waals surface area contributed by atoms with E-state index in [1.807, 2.05) is 0 Å². The third-order valence-corrected chi connectivity index (χ3v) is 3.41. The molecular weight excluding hydrogens is 230 g/mol. The summed E-state index contributed by atoms with van der Waals surface area (Å²) in [7, 11) is 0. The van der Waals surface area contributed by atoms with Crippen molar-refractivity contribution in [1.29, 1.82) is 0 Å². The number of hydrazine groups is 1. The smallest absolute Gasteiger partial charge is 0.286 e. The number of H-pyrrole nitrogens is 1. The highest BCUT2D eigenvalue weighted by Crippen LogP contribution is 2.28. The molecule has 0 aliphatic heterocycles. The largest absolute Gasteiger partial charge is 0.357 e. The minimum absolute atomic E-state index is 0.123. The summed E-state index contributed by atoms with van der Waals surface area (Å²) in [6.45, 7) is 0. The van der Waals surface area contributed by atoms with Crippen molar-refractivity contribution >= 4 is 11.8 Å². The summed E-state index contributed by atoms with van der Waals surface area (Å²) in [5.74, 6) is 0.242. The molecule has 1 aliphatic carbocycles. The number of aromatic amines is 1. The number of rotatable bonds is 4. The summed E-state index contributed by atoms with van der Waals surface area (Å²) in [4.78, 5) is 25.8. The monoisotopic (exact) mass is 249 g/mol. The van der Waals surface area contributed by atoms with Crippen molar-refractivity contribution in [3.8, 4) is 0 Å². The molecule has 5 nitrogen and oxygen atoms in total. The van der Waals surface area contributed by atoms with Gasteiger partial charge in [0.25, 0.3) is 5.91 Å². The van der Waals surface area contributed by atoms with E-state index in [4.69, 9.17) is 0 Å². The Morgan fingerprint density at radius 3 is 2.72 bits per heavy atom. The number of hydrogen-bond acceptors (Lipinski definition) is 2. The average Bonchev–Trinajstić information content (AvgIpc) is 3.05. The van der Waals surface area contributed by atoms with Crippen molar-refractivity contribution in [2.75, 3.05) is 0 Å². The molecule has 18 heavy (non-hydrogen) atoms. The average molecular weight is 249 g/mol. The highest BCUT2D eigenvalue weighted by atomic mass is 16.2. The molecule has 1 aliphatic rings. The second kappa shape index (κ2) is 6.23. The zero-order valence-electron chi connectivity index (χ0n) is 10.4. The van der Waals surface area contributed by atoms with Crippen LogP contribution in [0.25, 0.3) is 0 Å². The lowest BCUT2D eigenvalue weighted by atomic mass is 10.0. The maximum absolute atomic E-state index is 11.5. The Hall–Kier alpha value is -1.78. The second-order valence-electron chi connectivity index (χ2n) is 4.78. The Kier molecular flexibility index (Phi) is 4.39. The molecule has 5 heteroatoms. The molecule has 1 aromatic heterocycles. The fourth-order valence-electron chi connectivity index (χ4n) is 2.36. The Morgan fingerprint density at radius 1 is 1.28 bits per heavy atom. The normalized spacial score (nSPS) is 15.6. The van der Waals surface area contributed by atoms with Crippen molar-refractivity contribution < 1.29 is 9.59 Å². The SMILES string of the molecule is O=C(CCC1CCCC1)NNC(=O)c1ccc[nH]1. The Morgan fingerprint density at radius 2 is 2.06 bits per heavy atom. The van der Waals surface area contributed by atoms with Crippen molar-refractivity contribution in [1.82, 2.24) is 15.8 Å². The van der Waals surface area contributed by atoms with Gasteiger partial charge < -0.3 is 4.98 Å². The Bertz CT molecular complexity index is 394. The van der Waals surface area contributed by atoms with Crippen LogP contribution in [-0.4, -0.2) is 16.8 Å². The number of hydrogen-bond donors (Lipinski definition) is 3. The third kappa shape index (κ3) is 3.61. The number of carbonyl (C=O) groups is 2. The molecule has 0 bridgehead atoms. The maximum Gasteiger partial charge on any atom is 0.286 e. The van der Waals surface area contributed by atoms with Crippen LogP contribution in [0.5, 0.6) is 0 Å². The van der Waals surface area contributed by atoms with E-state index in [0.717, 1.165) is 6.42 Å². The molecule has 1 heterocycles. The van der Waals surface area contributed by atoms with E-state index in [9.17, 15) is 9.59 Å². The molecule has 0 radical (unpaired) electrons. The molecule has 3 N–H and O–H groups in total. The highest BCUT2D eigenvalue weighted by Gasteiger charge is 2.16. The molecule has 1 aromatic rings. The fraction of sp³-hybridized carbons (Fsp3) is 0.538. The summed E-state index contributed by atoms with van der Waals surface area (Å²) in [5, 5.41) is 0. The predicted molar refractivity (Wildman–Crippen MR) is 67.6 cm³/mol. The molecule has 0 atom stereocenters. The first-order valence-corrected chi connectivity index (χ1v) is 6.48. The van der Waals surface area contributed by atoms with Gasteiger partial charge in [0.2, 0.25) is 5.91 Å². The number of aromatic nitrogens is 1. The molecule has 1 fully saturated rings. The third-order valence-electron chi connectivity index (χ3n) is 3.41. The van der Waals surface area contributed by atoms with Gasteiger partial charge >= 0.3 is 0 Å². The van der Waals surface area contributed by atoms with Gasteiger partial charge in [-0.1, -0.05) is 25.7 Å². The molecule has 1 saturated carbocycles. The van der Waals surface area contributed by atoms with E-state index in [2.05, 4.69) is 15.8 Å². The zero-order valence-corrected chi connectivity index (χ0v) is 10.4. The summed E-state index contributed by atoms with van der Waals surface area (Å²) in [6, 6.07) is 3.39. The van der Waals surface area contributed by atoms with E-state index in [0.29, 0.717) is 18.0 Å². The molecule has 98 valence electrons. The van der Waals surface area contributed by atoms with Gasteiger partial charge in [0.05, 0.1) is 0 Å². The van der Waals surface area contributed by atoms with E-state index in [-0.39, 0.29) is 11.8 Å². The summed E-state index contributed by atoms with van der Waals surface area (Å²) in [6.07, 6.45) is 8.12. The van der Waals surface area contributed by atoms with E-state index < -0.39 is 0 Å². The van der Waals surface area contributed by atoms with Gasteiger partial charge in [-0.2, -0.15) is 0 Å². The Balaban J connectivity index is 1.63. The highest BCUT2D eigenvalue weighted by molar-refractivity contribution is 5.93. The second-order valence-corrected chi connectivity index (χ2v) is 4.78. The van der Waals surface area contributed by atoms with Crippen LogP contribution in [0.15, 0.2) is 18.3 Å². The van der Waals surface area contributed by atoms with Crippen LogP contribution in [0.3, 0.4) is 0 Å². The topological polar surface area (TPSA) is 74.0 Å². The lowest BCUT2D eigenvalue weighted by Gasteiger charge is -2.09. The summed E-state index contributed by atoms with van der Waals surface area (Å²) < 4.78 is 0. The molecular formula is C13H19N3O2. The maximum atomic E-state index is 11.5. The minimum atomic E-state index is -0.325. The van der Waals surface area contributed by atoms with Gasteiger partial charge in [-0.15, -0.1) is 0 Å². The summed E-state index contributed by atoms with van der Waals surface area (Å²) in [5.41, 5.74) is 5.26. The standard InChI is InChI=1S/C13H19N3O2/c17-12(8-7-10-4-1-2-5-10)15-16-13(18)11-6-3-9-14-11/h3,6,9-10,14H,1-2,4-5,7-8H2,(H,15,17)(H,16,18). The van der Waals surface area contributed by atoms with Crippen LogP contribution in [0.4, 0.5) is 0 Å². The molecule has 0 unspecified atom stereocenters. The molecule has 0 aromatic carbocycles. The molecule has 2 amide bonds. The molecule has 0 spiro atoms. The Labute approximate surface area is 106 Å². The summed E-state index contributed by atoms with van der Waals surface area (Å²) >= 11 is 0. The van der Waals surface area contributed by atoms with Gasteiger partial charge in [-0.3, -0.25) is 20.4 Å². The van der Waals surface area contributed by atoms with Gasteiger partial charge in [0.15, 0.2) is 0 Å². The lowest BCUT2D eigenvalue weighted by Crippen LogP contribution is -2.41. The van der Waals surface area contributed by atoms with Crippen LogP contribution in [0.1, 0.15) is 49.0 Å². The number of nitrogens with one attached hydrogen (secondary N) is 3. The number of carbonyl (C=O) groups excluding carboxylic acids is 2.